The highest BCUT2D eigenvalue weighted by atomic mass is 16.5. The fraction of sp³-hybridized carbons (Fsp3) is 0.474. The Hall–Kier alpha value is -2.34. The van der Waals surface area contributed by atoms with Gasteiger partial charge in [0.05, 0.1) is 26.2 Å². The maximum absolute atomic E-state index is 12.8. The summed E-state index contributed by atoms with van der Waals surface area (Å²) in [5.41, 5.74) is 2.51. The van der Waals surface area contributed by atoms with Gasteiger partial charge in [-0.3, -0.25) is 4.79 Å². The number of ether oxygens (including phenoxy) is 2. The second kappa shape index (κ2) is 6.52. The molecule has 4 rings (SSSR count). The van der Waals surface area contributed by atoms with Gasteiger partial charge in [-0.1, -0.05) is 0 Å². The Bertz CT molecular complexity index is 793. The van der Waals surface area contributed by atoms with E-state index in [1.165, 1.54) is 0 Å². The van der Waals surface area contributed by atoms with Crippen LogP contribution in [0.5, 0.6) is 5.75 Å². The van der Waals surface area contributed by atoms with E-state index < -0.39 is 0 Å². The van der Waals surface area contributed by atoms with E-state index in [0.717, 1.165) is 41.7 Å². The van der Waals surface area contributed by atoms with Crippen molar-refractivity contribution in [3.05, 3.63) is 46.7 Å². The van der Waals surface area contributed by atoms with E-state index in [4.69, 9.17) is 13.9 Å². The summed E-state index contributed by atoms with van der Waals surface area (Å²) in [7, 11) is 1.63. The Morgan fingerprint density at radius 1 is 1.40 bits per heavy atom. The highest BCUT2D eigenvalue weighted by molar-refractivity contribution is 5.94. The van der Waals surface area contributed by atoms with E-state index in [9.17, 15) is 4.79 Å². The second-order valence-electron chi connectivity index (χ2n) is 6.64. The van der Waals surface area contributed by atoms with Crippen molar-refractivity contribution in [3.8, 4) is 5.75 Å². The zero-order chi connectivity index (χ0) is 17.4. The quantitative estimate of drug-likeness (QED) is 0.858. The summed E-state index contributed by atoms with van der Waals surface area (Å²) in [6.45, 7) is 4.52. The molecule has 0 bridgehead atoms. The van der Waals surface area contributed by atoms with Gasteiger partial charge in [-0.2, -0.15) is 0 Å². The van der Waals surface area contributed by atoms with Crippen LogP contribution in [-0.4, -0.2) is 42.7 Å². The number of rotatable bonds is 3. The number of aromatic nitrogens is 1. The van der Waals surface area contributed by atoms with E-state index >= 15 is 0 Å². The third-order valence-corrected chi connectivity index (χ3v) is 4.95. The number of nitrogens with zero attached hydrogens (tertiary/aromatic N) is 2. The van der Waals surface area contributed by atoms with Gasteiger partial charge in [0.15, 0.2) is 5.89 Å². The summed E-state index contributed by atoms with van der Waals surface area (Å²) in [6, 6.07) is 5.53. The molecular formula is C19H22N2O4. The Labute approximate surface area is 146 Å². The molecule has 2 aromatic rings. The highest BCUT2D eigenvalue weighted by Gasteiger charge is 2.29. The van der Waals surface area contributed by atoms with Gasteiger partial charge < -0.3 is 18.8 Å². The molecule has 0 radical (unpaired) electrons. The first-order chi connectivity index (χ1) is 12.2. The van der Waals surface area contributed by atoms with Crippen LogP contribution in [0.2, 0.25) is 0 Å². The van der Waals surface area contributed by atoms with Crippen molar-refractivity contribution >= 4 is 5.91 Å². The minimum absolute atomic E-state index is 0.0187. The van der Waals surface area contributed by atoms with Crippen molar-refractivity contribution in [1.82, 2.24) is 9.88 Å². The second-order valence-corrected chi connectivity index (χ2v) is 6.64. The van der Waals surface area contributed by atoms with Crippen LogP contribution in [-0.2, 0) is 17.7 Å². The molecule has 2 aliphatic rings. The summed E-state index contributed by atoms with van der Waals surface area (Å²) >= 11 is 0. The fourth-order valence-electron chi connectivity index (χ4n) is 3.49. The molecular weight excluding hydrogens is 320 g/mol. The third kappa shape index (κ3) is 3.02. The number of benzene rings is 1. The van der Waals surface area contributed by atoms with Crippen LogP contribution < -0.4 is 4.74 Å². The molecule has 0 aliphatic carbocycles. The average molecular weight is 342 g/mol. The molecule has 1 atom stereocenters. The first-order valence-corrected chi connectivity index (χ1v) is 8.66. The standard InChI is InChI=1S/C19H22N2O4/c1-12-9-13(3-4-16(12)23-2)19(22)21-7-5-17-15(10-21)20-18(25-17)14-6-8-24-11-14/h3-4,9,14H,5-8,10-11H2,1-2H3. The highest BCUT2D eigenvalue weighted by Crippen LogP contribution is 2.29. The number of hydrogen-bond donors (Lipinski definition) is 0. The van der Waals surface area contributed by atoms with Gasteiger partial charge in [-0.15, -0.1) is 0 Å². The van der Waals surface area contributed by atoms with Crippen molar-refractivity contribution in [1.29, 1.82) is 0 Å². The fourth-order valence-corrected chi connectivity index (χ4v) is 3.49. The molecule has 0 spiro atoms. The summed E-state index contributed by atoms with van der Waals surface area (Å²) in [6.07, 6.45) is 1.66. The molecule has 1 aromatic carbocycles. The molecule has 1 amide bonds. The Kier molecular flexibility index (Phi) is 4.21. The molecule has 3 heterocycles. The molecule has 2 aliphatic heterocycles. The van der Waals surface area contributed by atoms with E-state index in [1.54, 1.807) is 7.11 Å². The number of oxazole rings is 1. The number of amides is 1. The molecule has 6 nitrogen and oxygen atoms in total. The first kappa shape index (κ1) is 16.1. The number of aryl methyl sites for hydroxylation is 1. The predicted molar refractivity (Wildman–Crippen MR) is 90.9 cm³/mol. The summed E-state index contributed by atoms with van der Waals surface area (Å²) in [4.78, 5) is 19.3. The molecule has 1 unspecified atom stereocenters. The lowest BCUT2D eigenvalue weighted by atomic mass is 10.1. The SMILES string of the molecule is COc1ccc(C(=O)N2CCc3oc(C4CCOC4)nc3C2)cc1C. The summed E-state index contributed by atoms with van der Waals surface area (Å²) < 4.78 is 16.6. The van der Waals surface area contributed by atoms with Gasteiger partial charge in [-0.05, 0) is 37.1 Å². The number of hydrogen-bond acceptors (Lipinski definition) is 5. The van der Waals surface area contributed by atoms with Crippen molar-refractivity contribution in [3.63, 3.8) is 0 Å². The molecule has 1 aromatic heterocycles. The van der Waals surface area contributed by atoms with Crippen LogP contribution in [0.25, 0.3) is 0 Å². The molecule has 0 saturated carbocycles. The normalized spacial score (nSPS) is 19.8. The van der Waals surface area contributed by atoms with Crippen LogP contribution in [0.15, 0.2) is 22.6 Å². The molecule has 25 heavy (non-hydrogen) atoms. The van der Waals surface area contributed by atoms with Crippen molar-refractivity contribution < 1.29 is 18.7 Å². The topological polar surface area (TPSA) is 64.8 Å². The van der Waals surface area contributed by atoms with Crippen molar-refractivity contribution in [2.45, 2.75) is 32.2 Å². The van der Waals surface area contributed by atoms with Gasteiger partial charge in [0, 0.05) is 25.1 Å². The number of carbonyl (C=O) groups excluding carboxylic acids is 1. The van der Waals surface area contributed by atoms with E-state index in [2.05, 4.69) is 4.98 Å². The first-order valence-electron chi connectivity index (χ1n) is 8.66. The van der Waals surface area contributed by atoms with Gasteiger partial charge >= 0.3 is 0 Å². The number of fused-ring (bicyclic) bond motifs is 1. The summed E-state index contributed by atoms with van der Waals surface area (Å²) in [5.74, 6) is 2.73. The van der Waals surface area contributed by atoms with Crippen LogP contribution in [0.3, 0.4) is 0 Å². The van der Waals surface area contributed by atoms with Gasteiger partial charge in [0.25, 0.3) is 5.91 Å². The minimum atomic E-state index is 0.0187. The lowest BCUT2D eigenvalue weighted by Crippen LogP contribution is -2.35. The average Bonchev–Trinajstić information content (AvgIpc) is 3.29. The van der Waals surface area contributed by atoms with Crippen LogP contribution in [0.1, 0.15) is 45.6 Å². The Balaban J connectivity index is 1.51. The Morgan fingerprint density at radius 3 is 3.00 bits per heavy atom. The molecule has 1 fully saturated rings. The van der Waals surface area contributed by atoms with Gasteiger partial charge in [0.1, 0.15) is 17.2 Å². The maximum atomic E-state index is 12.8. The molecule has 6 heteroatoms. The lowest BCUT2D eigenvalue weighted by molar-refractivity contribution is 0.0727. The zero-order valence-electron chi connectivity index (χ0n) is 14.6. The maximum Gasteiger partial charge on any atom is 0.254 e. The number of carbonyl (C=O) groups is 1. The van der Waals surface area contributed by atoms with Crippen molar-refractivity contribution in [2.75, 3.05) is 26.9 Å². The van der Waals surface area contributed by atoms with E-state index in [-0.39, 0.29) is 11.8 Å². The van der Waals surface area contributed by atoms with Gasteiger partial charge in [0.2, 0.25) is 0 Å². The molecule has 0 N–H and O–H groups in total. The van der Waals surface area contributed by atoms with E-state index in [0.29, 0.717) is 31.7 Å². The largest absolute Gasteiger partial charge is 0.496 e. The third-order valence-electron chi connectivity index (χ3n) is 4.95. The molecule has 132 valence electrons. The van der Waals surface area contributed by atoms with Crippen molar-refractivity contribution in [2.24, 2.45) is 0 Å². The lowest BCUT2D eigenvalue weighted by Gasteiger charge is -2.25. The van der Waals surface area contributed by atoms with Gasteiger partial charge in [-0.25, -0.2) is 4.98 Å². The molecule has 1 saturated heterocycles. The Morgan fingerprint density at radius 2 is 2.28 bits per heavy atom. The summed E-state index contributed by atoms with van der Waals surface area (Å²) in [5, 5.41) is 0. The number of methoxy groups -OCH3 is 1. The van der Waals surface area contributed by atoms with Crippen LogP contribution in [0, 0.1) is 6.92 Å². The smallest absolute Gasteiger partial charge is 0.254 e. The zero-order valence-corrected chi connectivity index (χ0v) is 14.6. The van der Waals surface area contributed by atoms with Crippen LogP contribution >= 0.6 is 0 Å². The minimum Gasteiger partial charge on any atom is -0.496 e. The monoisotopic (exact) mass is 342 g/mol. The van der Waals surface area contributed by atoms with E-state index in [1.807, 2.05) is 30.0 Å². The van der Waals surface area contributed by atoms with Crippen LogP contribution in [0.4, 0.5) is 0 Å². The predicted octanol–water partition coefficient (Wildman–Crippen LogP) is 2.69.